The van der Waals surface area contributed by atoms with Crippen LogP contribution < -0.4 is 0 Å². The molecule has 104 valence electrons. The average molecular weight is 270 g/mol. The molecule has 0 aromatic heterocycles. The number of hydrogen-bond acceptors (Lipinski definition) is 2. The summed E-state index contributed by atoms with van der Waals surface area (Å²) in [6, 6.07) is 8.48. The van der Waals surface area contributed by atoms with E-state index < -0.39 is 0 Å². The SMILES string of the molecule is CC1=[N+](C/C=C/C(=O)C2CO2)c2ccccc2C1(C)C. The molecular formula is C17H20NO2+. The molecule has 0 amide bonds. The Kier molecular flexibility index (Phi) is 3.09. The first kappa shape index (κ1) is 13.3. The predicted octanol–water partition coefficient (Wildman–Crippen LogP) is 2.61. The van der Waals surface area contributed by atoms with Crippen molar-refractivity contribution in [3.63, 3.8) is 0 Å². The molecule has 0 N–H and O–H groups in total. The Bertz CT molecular complexity index is 622. The number of benzene rings is 1. The first-order valence-electron chi connectivity index (χ1n) is 7.05. The molecule has 0 bridgehead atoms. The number of ether oxygens (including phenoxy) is 1. The van der Waals surface area contributed by atoms with Crippen molar-refractivity contribution < 1.29 is 14.1 Å². The van der Waals surface area contributed by atoms with Gasteiger partial charge in [0.25, 0.3) is 0 Å². The lowest BCUT2D eigenvalue weighted by Gasteiger charge is -2.14. The summed E-state index contributed by atoms with van der Waals surface area (Å²) in [4.78, 5) is 11.6. The van der Waals surface area contributed by atoms with E-state index in [4.69, 9.17) is 4.74 Å². The van der Waals surface area contributed by atoms with Gasteiger partial charge in [0, 0.05) is 18.6 Å². The van der Waals surface area contributed by atoms with Crippen molar-refractivity contribution >= 4 is 17.2 Å². The lowest BCUT2D eigenvalue weighted by Crippen LogP contribution is -2.26. The number of para-hydroxylation sites is 1. The largest absolute Gasteiger partial charge is 0.364 e. The van der Waals surface area contributed by atoms with Gasteiger partial charge in [0.15, 0.2) is 18.0 Å². The number of epoxide rings is 1. The number of carbonyl (C=O) groups excluding carboxylic acids is 1. The Morgan fingerprint density at radius 3 is 2.85 bits per heavy atom. The van der Waals surface area contributed by atoms with Crippen LogP contribution in [-0.4, -0.2) is 35.3 Å². The first-order valence-corrected chi connectivity index (χ1v) is 7.05. The first-order chi connectivity index (χ1) is 9.51. The highest BCUT2D eigenvalue weighted by Gasteiger charge is 2.42. The minimum Gasteiger partial charge on any atom is -0.364 e. The molecule has 2 heterocycles. The predicted molar refractivity (Wildman–Crippen MR) is 78.8 cm³/mol. The lowest BCUT2D eigenvalue weighted by atomic mass is 9.82. The third-order valence-electron chi connectivity index (χ3n) is 4.40. The second-order valence-corrected chi connectivity index (χ2v) is 5.96. The van der Waals surface area contributed by atoms with Gasteiger partial charge in [0.1, 0.15) is 6.10 Å². The summed E-state index contributed by atoms with van der Waals surface area (Å²) >= 11 is 0. The summed E-state index contributed by atoms with van der Waals surface area (Å²) in [6.45, 7) is 7.96. The van der Waals surface area contributed by atoms with Gasteiger partial charge >= 0.3 is 0 Å². The fourth-order valence-corrected chi connectivity index (χ4v) is 2.78. The highest BCUT2D eigenvalue weighted by molar-refractivity contribution is 5.95. The third kappa shape index (κ3) is 2.12. The van der Waals surface area contributed by atoms with Crippen LogP contribution in [0.25, 0.3) is 0 Å². The van der Waals surface area contributed by atoms with E-state index in [1.807, 2.05) is 6.08 Å². The van der Waals surface area contributed by atoms with E-state index in [0.29, 0.717) is 6.61 Å². The molecule has 3 nitrogen and oxygen atoms in total. The molecule has 1 aromatic carbocycles. The van der Waals surface area contributed by atoms with Gasteiger partial charge in [-0.2, -0.15) is 4.58 Å². The Morgan fingerprint density at radius 1 is 1.45 bits per heavy atom. The number of rotatable bonds is 4. The maximum atomic E-state index is 11.6. The fraction of sp³-hybridized carbons (Fsp3) is 0.412. The van der Waals surface area contributed by atoms with Crippen LogP contribution in [0, 0.1) is 0 Å². The molecule has 0 aliphatic carbocycles. The van der Waals surface area contributed by atoms with E-state index in [-0.39, 0.29) is 17.3 Å². The number of carbonyl (C=O) groups is 1. The van der Waals surface area contributed by atoms with Gasteiger partial charge in [0.2, 0.25) is 5.69 Å². The molecular weight excluding hydrogens is 250 g/mol. The summed E-state index contributed by atoms with van der Waals surface area (Å²) in [5.74, 6) is 0.0781. The van der Waals surface area contributed by atoms with E-state index in [0.717, 1.165) is 6.54 Å². The molecule has 1 atom stereocenters. The molecule has 0 spiro atoms. The summed E-state index contributed by atoms with van der Waals surface area (Å²) in [7, 11) is 0. The Morgan fingerprint density at radius 2 is 2.15 bits per heavy atom. The minimum absolute atomic E-state index is 0.0496. The monoisotopic (exact) mass is 270 g/mol. The van der Waals surface area contributed by atoms with Crippen LogP contribution in [0.4, 0.5) is 5.69 Å². The number of hydrogen-bond donors (Lipinski definition) is 0. The average Bonchev–Trinajstić information content (AvgIpc) is 3.24. The van der Waals surface area contributed by atoms with Gasteiger partial charge in [0.05, 0.1) is 12.0 Å². The van der Waals surface area contributed by atoms with Crippen molar-refractivity contribution in [1.29, 1.82) is 0 Å². The molecule has 1 fully saturated rings. The van der Waals surface area contributed by atoms with E-state index in [1.165, 1.54) is 17.0 Å². The van der Waals surface area contributed by atoms with Crippen molar-refractivity contribution in [3.05, 3.63) is 42.0 Å². The van der Waals surface area contributed by atoms with Gasteiger partial charge in [-0.3, -0.25) is 4.79 Å². The van der Waals surface area contributed by atoms with Crippen molar-refractivity contribution in [2.24, 2.45) is 0 Å². The second kappa shape index (κ2) is 4.67. The van der Waals surface area contributed by atoms with Crippen LogP contribution in [0.5, 0.6) is 0 Å². The summed E-state index contributed by atoms with van der Waals surface area (Å²) < 4.78 is 7.27. The smallest absolute Gasteiger partial charge is 0.209 e. The minimum atomic E-state index is -0.182. The molecule has 3 heteroatoms. The molecule has 2 aliphatic heterocycles. The van der Waals surface area contributed by atoms with Crippen molar-refractivity contribution in [2.45, 2.75) is 32.3 Å². The third-order valence-corrected chi connectivity index (χ3v) is 4.40. The maximum absolute atomic E-state index is 11.6. The zero-order chi connectivity index (χ0) is 14.3. The normalized spacial score (nSPS) is 23.2. The molecule has 20 heavy (non-hydrogen) atoms. The van der Waals surface area contributed by atoms with E-state index in [9.17, 15) is 4.79 Å². The molecule has 3 rings (SSSR count). The molecule has 0 radical (unpaired) electrons. The van der Waals surface area contributed by atoms with Crippen molar-refractivity contribution in [2.75, 3.05) is 13.2 Å². The highest BCUT2D eigenvalue weighted by Crippen LogP contribution is 2.38. The van der Waals surface area contributed by atoms with Gasteiger partial charge in [-0.15, -0.1) is 0 Å². The fourth-order valence-electron chi connectivity index (χ4n) is 2.78. The molecule has 0 saturated carbocycles. The number of fused-ring (bicyclic) bond motifs is 1. The zero-order valence-electron chi connectivity index (χ0n) is 12.2. The standard InChI is InChI=1S/C17H20NO2/c1-12-17(2,3)13-7-4-5-8-14(13)18(12)10-6-9-15(19)16-11-20-16/h4-9,16H,10-11H2,1-3H3/q+1/b9-6+. The van der Waals surface area contributed by atoms with Crippen LogP contribution in [0.3, 0.4) is 0 Å². The van der Waals surface area contributed by atoms with E-state index in [2.05, 4.69) is 49.6 Å². The maximum Gasteiger partial charge on any atom is 0.209 e. The van der Waals surface area contributed by atoms with Crippen LogP contribution in [-0.2, 0) is 14.9 Å². The summed E-state index contributed by atoms with van der Waals surface area (Å²) in [5.41, 5.74) is 3.96. The van der Waals surface area contributed by atoms with E-state index >= 15 is 0 Å². The van der Waals surface area contributed by atoms with Crippen LogP contribution >= 0.6 is 0 Å². The zero-order valence-corrected chi connectivity index (χ0v) is 12.2. The van der Waals surface area contributed by atoms with Crippen LogP contribution in [0.1, 0.15) is 26.3 Å². The molecule has 2 aliphatic rings. The van der Waals surface area contributed by atoms with Gasteiger partial charge in [-0.25, -0.2) is 0 Å². The second-order valence-electron chi connectivity index (χ2n) is 5.96. The number of nitrogens with zero attached hydrogens (tertiary/aromatic N) is 1. The lowest BCUT2D eigenvalue weighted by molar-refractivity contribution is -0.426. The summed E-state index contributed by atoms with van der Waals surface area (Å²) in [5, 5.41) is 0. The Balaban J connectivity index is 1.85. The summed E-state index contributed by atoms with van der Waals surface area (Å²) in [6.07, 6.45) is 3.41. The Hall–Kier alpha value is -1.74. The van der Waals surface area contributed by atoms with Gasteiger partial charge in [-0.05, 0) is 26.0 Å². The quantitative estimate of drug-likeness (QED) is 0.478. The topological polar surface area (TPSA) is 32.6 Å². The van der Waals surface area contributed by atoms with E-state index in [1.54, 1.807) is 6.08 Å². The number of ketones is 1. The van der Waals surface area contributed by atoms with Crippen LogP contribution in [0.15, 0.2) is 36.4 Å². The van der Waals surface area contributed by atoms with Gasteiger partial charge < -0.3 is 4.74 Å². The van der Waals surface area contributed by atoms with Crippen molar-refractivity contribution in [3.8, 4) is 0 Å². The molecule has 1 aromatic rings. The molecule has 1 saturated heterocycles. The Labute approximate surface area is 119 Å². The van der Waals surface area contributed by atoms with Crippen LogP contribution in [0.2, 0.25) is 0 Å². The van der Waals surface area contributed by atoms with Crippen molar-refractivity contribution in [1.82, 2.24) is 0 Å². The highest BCUT2D eigenvalue weighted by atomic mass is 16.6. The van der Waals surface area contributed by atoms with Gasteiger partial charge in [-0.1, -0.05) is 18.2 Å². The molecule has 1 unspecified atom stereocenters.